The van der Waals surface area contributed by atoms with Gasteiger partial charge in [0.05, 0.1) is 22.2 Å². The molecule has 1 aromatic heterocycles. The van der Waals surface area contributed by atoms with E-state index in [9.17, 15) is 14.0 Å². The van der Waals surface area contributed by atoms with Crippen LogP contribution in [-0.2, 0) is 0 Å². The molecule has 26 heavy (non-hydrogen) atoms. The molecule has 1 unspecified atom stereocenters. The fraction of sp³-hybridized carbons (Fsp3) is 0.100. The number of amides is 2. The first-order valence-electron chi connectivity index (χ1n) is 8.05. The summed E-state index contributed by atoms with van der Waals surface area (Å²) in [6.07, 6.45) is 0. The van der Waals surface area contributed by atoms with Crippen LogP contribution < -0.4 is 10.6 Å². The van der Waals surface area contributed by atoms with Crippen LogP contribution in [0.2, 0.25) is 0 Å². The Bertz CT molecular complexity index is 925. The van der Waals surface area contributed by atoms with Crippen molar-refractivity contribution in [2.45, 2.75) is 13.0 Å². The van der Waals surface area contributed by atoms with E-state index in [1.807, 2.05) is 5.38 Å². The highest BCUT2D eigenvalue weighted by atomic mass is 32.1. The maximum absolute atomic E-state index is 13.4. The number of carbonyl (C=O) groups is 2. The molecule has 2 N–H and O–H groups in total. The predicted molar refractivity (Wildman–Crippen MR) is 101 cm³/mol. The number of carbonyl (C=O) groups excluding carboxylic acids is 2. The third-order valence-corrected chi connectivity index (χ3v) is 4.73. The first-order chi connectivity index (χ1) is 12.5. The van der Waals surface area contributed by atoms with Crippen LogP contribution in [0.3, 0.4) is 0 Å². The molecule has 0 bridgehead atoms. The van der Waals surface area contributed by atoms with E-state index in [-0.39, 0.29) is 23.7 Å². The zero-order valence-electron chi connectivity index (χ0n) is 14.0. The van der Waals surface area contributed by atoms with Gasteiger partial charge in [-0.3, -0.25) is 9.59 Å². The lowest BCUT2D eigenvalue weighted by Gasteiger charge is -2.16. The number of benzene rings is 2. The molecule has 132 valence electrons. The van der Waals surface area contributed by atoms with Gasteiger partial charge in [-0.1, -0.05) is 30.3 Å². The Hall–Kier alpha value is -2.99. The van der Waals surface area contributed by atoms with Crippen LogP contribution in [0.5, 0.6) is 0 Å². The summed E-state index contributed by atoms with van der Waals surface area (Å²) >= 11 is 1.33. The highest BCUT2D eigenvalue weighted by Crippen LogP contribution is 2.20. The third kappa shape index (κ3) is 4.15. The Morgan fingerprint density at radius 1 is 1.00 bits per heavy atom. The van der Waals surface area contributed by atoms with Gasteiger partial charge < -0.3 is 10.6 Å². The molecule has 3 rings (SSSR count). The molecule has 0 radical (unpaired) electrons. The minimum atomic E-state index is -0.376. The number of nitrogens with one attached hydrogen (secondary N) is 2. The second-order valence-electron chi connectivity index (χ2n) is 5.73. The number of anilines is 1. The van der Waals surface area contributed by atoms with E-state index in [1.165, 1.54) is 23.5 Å². The van der Waals surface area contributed by atoms with Gasteiger partial charge in [0.2, 0.25) is 0 Å². The van der Waals surface area contributed by atoms with E-state index in [0.717, 1.165) is 0 Å². The zero-order chi connectivity index (χ0) is 18.5. The van der Waals surface area contributed by atoms with Crippen molar-refractivity contribution in [1.82, 2.24) is 5.32 Å². The molecular weight excluding hydrogens is 351 g/mol. The molecule has 2 aromatic carbocycles. The second kappa shape index (κ2) is 7.93. The summed E-state index contributed by atoms with van der Waals surface area (Å²) in [7, 11) is 0. The minimum absolute atomic E-state index is 0.265. The summed E-state index contributed by atoms with van der Waals surface area (Å²) in [6.45, 7) is 1.78. The van der Waals surface area contributed by atoms with E-state index in [0.29, 0.717) is 21.7 Å². The van der Waals surface area contributed by atoms with Crippen molar-refractivity contribution in [3.63, 3.8) is 0 Å². The molecule has 1 heterocycles. The van der Waals surface area contributed by atoms with Gasteiger partial charge in [-0.05, 0) is 48.2 Å². The molecule has 1 atom stereocenters. The molecule has 3 aromatic rings. The monoisotopic (exact) mass is 368 g/mol. The first kappa shape index (κ1) is 17.8. The van der Waals surface area contributed by atoms with Gasteiger partial charge >= 0.3 is 0 Å². The molecular formula is C20H17FN2O2S. The Kier molecular flexibility index (Phi) is 5.43. The van der Waals surface area contributed by atoms with Gasteiger partial charge in [0, 0.05) is 0 Å². The van der Waals surface area contributed by atoms with Gasteiger partial charge in [-0.15, -0.1) is 11.3 Å². The Labute approximate surface area is 154 Å². The number of halogens is 1. The van der Waals surface area contributed by atoms with Crippen LogP contribution >= 0.6 is 11.3 Å². The SMILES string of the molecule is CC(NC(=O)c1ccccc1NC(=O)c1cccs1)c1cccc(F)c1. The average Bonchev–Trinajstić information content (AvgIpc) is 3.17. The van der Waals surface area contributed by atoms with Crippen LogP contribution in [0.15, 0.2) is 66.0 Å². The smallest absolute Gasteiger partial charge is 0.265 e. The van der Waals surface area contributed by atoms with Crippen LogP contribution in [0.25, 0.3) is 0 Å². The van der Waals surface area contributed by atoms with Crippen molar-refractivity contribution in [3.05, 3.63) is 87.9 Å². The molecule has 0 saturated heterocycles. The lowest BCUT2D eigenvalue weighted by molar-refractivity contribution is 0.0940. The molecule has 0 spiro atoms. The maximum Gasteiger partial charge on any atom is 0.265 e. The van der Waals surface area contributed by atoms with E-state index in [2.05, 4.69) is 10.6 Å². The number of para-hydroxylation sites is 1. The summed E-state index contributed by atoms with van der Waals surface area (Å²) in [5.74, 6) is -0.963. The Balaban J connectivity index is 1.76. The molecule has 0 fully saturated rings. The maximum atomic E-state index is 13.4. The molecule has 0 saturated carbocycles. The average molecular weight is 368 g/mol. The fourth-order valence-corrected chi connectivity index (χ4v) is 3.13. The number of hydrogen-bond acceptors (Lipinski definition) is 3. The van der Waals surface area contributed by atoms with Gasteiger partial charge in [0.1, 0.15) is 5.82 Å². The summed E-state index contributed by atoms with van der Waals surface area (Å²) in [5, 5.41) is 7.41. The van der Waals surface area contributed by atoms with Crippen LogP contribution in [-0.4, -0.2) is 11.8 Å². The molecule has 2 amide bonds. The van der Waals surface area contributed by atoms with E-state index in [4.69, 9.17) is 0 Å². The molecule has 4 nitrogen and oxygen atoms in total. The Morgan fingerprint density at radius 2 is 1.81 bits per heavy atom. The van der Waals surface area contributed by atoms with Crippen molar-refractivity contribution >= 4 is 28.8 Å². The number of rotatable bonds is 5. The van der Waals surface area contributed by atoms with Crippen molar-refractivity contribution in [2.24, 2.45) is 0 Å². The topological polar surface area (TPSA) is 58.2 Å². The van der Waals surface area contributed by atoms with Crippen molar-refractivity contribution in [3.8, 4) is 0 Å². The normalized spacial score (nSPS) is 11.6. The second-order valence-corrected chi connectivity index (χ2v) is 6.67. The third-order valence-electron chi connectivity index (χ3n) is 3.86. The lowest BCUT2D eigenvalue weighted by atomic mass is 10.1. The van der Waals surface area contributed by atoms with Gasteiger partial charge in [-0.25, -0.2) is 4.39 Å². The minimum Gasteiger partial charge on any atom is -0.345 e. The quantitative estimate of drug-likeness (QED) is 0.690. The lowest BCUT2D eigenvalue weighted by Crippen LogP contribution is -2.28. The number of thiophene rings is 1. The summed E-state index contributed by atoms with van der Waals surface area (Å²) in [5.41, 5.74) is 1.44. The zero-order valence-corrected chi connectivity index (χ0v) is 14.8. The van der Waals surface area contributed by atoms with Crippen molar-refractivity contribution < 1.29 is 14.0 Å². The largest absolute Gasteiger partial charge is 0.345 e. The van der Waals surface area contributed by atoms with Crippen molar-refractivity contribution in [2.75, 3.05) is 5.32 Å². The van der Waals surface area contributed by atoms with Crippen molar-refractivity contribution in [1.29, 1.82) is 0 Å². The molecule has 0 aliphatic rings. The van der Waals surface area contributed by atoms with Crippen LogP contribution in [0, 0.1) is 5.82 Å². The van der Waals surface area contributed by atoms with Gasteiger partial charge in [0.15, 0.2) is 0 Å². The first-order valence-corrected chi connectivity index (χ1v) is 8.93. The van der Waals surface area contributed by atoms with Crippen LogP contribution in [0.4, 0.5) is 10.1 Å². The highest BCUT2D eigenvalue weighted by molar-refractivity contribution is 7.12. The fourth-order valence-electron chi connectivity index (χ4n) is 2.52. The van der Waals surface area contributed by atoms with Gasteiger partial charge in [0.25, 0.3) is 11.8 Å². The summed E-state index contributed by atoms with van der Waals surface area (Å²) in [4.78, 5) is 25.5. The summed E-state index contributed by atoms with van der Waals surface area (Å²) < 4.78 is 13.4. The molecule has 6 heteroatoms. The Morgan fingerprint density at radius 3 is 2.54 bits per heavy atom. The summed E-state index contributed by atoms with van der Waals surface area (Å²) in [6, 6.07) is 16.0. The molecule has 0 aliphatic carbocycles. The van der Waals surface area contributed by atoms with Gasteiger partial charge in [-0.2, -0.15) is 0 Å². The number of hydrogen-bond donors (Lipinski definition) is 2. The predicted octanol–water partition coefficient (Wildman–Crippen LogP) is 4.63. The van der Waals surface area contributed by atoms with E-state index < -0.39 is 0 Å². The molecule has 0 aliphatic heterocycles. The van der Waals surface area contributed by atoms with Crippen LogP contribution in [0.1, 0.15) is 38.6 Å². The highest BCUT2D eigenvalue weighted by Gasteiger charge is 2.17. The standard InChI is InChI=1S/C20H17FN2O2S/c1-13(14-6-4-7-15(21)12-14)22-19(24)16-8-2-3-9-17(16)23-20(25)18-10-5-11-26-18/h2-13H,1H3,(H,22,24)(H,23,25). The van der Waals surface area contributed by atoms with E-state index >= 15 is 0 Å². The van der Waals surface area contributed by atoms with E-state index in [1.54, 1.807) is 55.5 Å².